The Bertz CT molecular complexity index is 946. The number of rotatable bonds is 8. The maximum Gasteiger partial charge on any atom is 0.265 e. The first-order chi connectivity index (χ1) is 14.5. The number of carbonyl (C=O) groups excluding carboxylic acids is 2. The van der Waals surface area contributed by atoms with Gasteiger partial charge in [0.1, 0.15) is 12.4 Å². The molecule has 0 saturated carbocycles. The first kappa shape index (κ1) is 22.1. The summed E-state index contributed by atoms with van der Waals surface area (Å²) in [5, 5.41) is 2.83. The van der Waals surface area contributed by atoms with Gasteiger partial charge in [-0.05, 0) is 44.5 Å². The lowest BCUT2D eigenvalue weighted by molar-refractivity contribution is -0.122. The fourth-order valence-corrected chi connectivity index (χ4v) is 4.02. The Hall–Kier alpha value is -2.64. The van der Waals surface area contributed by atoms with Gasteiger partial charge >= 0.3 is 0 Å². The van der Waals surface area contributed by atoms with E-state index >= 15 is 0 Å². The highest BCUT2D eigenvalue weighted by molar-refractivity contribution is 8.04. The van der Waals surface area contributed by atoms with E-state index in [0.29, 0.717) is 35.7 Å². The molecule has 0 aromatic heterocycles. The van der Waals surface area contributed by atoms with Crippen LogP contribution in [0, 0.1) is 5.82 Å². The summed E-state index contributed by atoms with van der Waals surface area (Å²) < 4.78 is 19.5. The molecule has 2 aromatic carbocycles. The largest absolute Gasteiger partial charge is 0.379 e. The van der Waals surface area contributed by atoms with Gasteiger partial charge in [-0.1, -0.05) is 42.1 Å². The molecule has 0 fully saturated rings. The predicted octanol–water partition coefficient (Wildman–Crippen LogP) is 4.24. The highest BCUT2D eigenvalue weighted by atomic mass is 32.2. The number of thioether (sulfide) groups is 1. The number of fused-ring (bicyclic) bond motifs is 1. The predicted molar refractivity (Wildman–Crippen MR) is 118 cm³/mol. The van der Waals surface area contributed by atoms with Gasteiger partial charge in [0.15, 0.2) is 0 Å². The summed E-state index contributed by atoms with van der Waals surface area (Å²) in [6.07, 6.45) is 2.38. The second-order valence-electron chi connectivity index (χ2n) is 7.11. The van der Waals surface area contributed by atoms with Crippen LogP contribution in [0.5, 0.6) is 0 Å². The third kappa shape index (κ3) is 5.70. The van der Waals surface area contributed by atoms with E-state index in [1.54, 1.807) is 18.2 Å². The van der Waals surface area contributed by atoms with Crippen molar-refractivity contribution in [2.75, 3.05) is 24.6 Å². The molecule has 1 heterocycles. The van der Waals surface area contributed by atoms with Gasteiger partial charge in [-0.25, -0.2) is 4.39 Å². The van der Waals surface area contributed by atoms with Crippen molar-refractivity contribution in [2.24, 2.45) is 0 Å². The minimum atomic E-state index is -0.398. The molecule has 1 aliphatic rings. The van der Waals surface area contributed by atoms with Crippen LogP contribution in [0.3, 0.4) is 0 Å². The quantitative estimate of drug-likeness (QED) is 0.505. The number of nitrogens with zero attached hydrogens (tertiary/aromatic N) is 1. The van der Waals surface area contributed by atoms with E-state index in [9.17, 15) is 14.0 Å². The first-order valence-electron chi connectivity index (χ1n) is 9.89. The molecule has 0 bridgehead atoms. The maximum atomic E-state index is 14.1. The van der Waals surface area contributed by atoms with E-state index in [2.05, 4.69) is 5.32 Å². The van der Waals surface area contributed by atoms with Crippen molar-refractivity contribution in [3.05, 3.63) is 64.8 Å². The zero-order valence-electron chi connectivity index (χ0n) is 17.1. The van der Waals surface area contributed by atoms with Crippen molar-refractivity contribution >= 4 is 35.3 Å². The van der Waals surface area contributed by atoms with Crippen LogP contribution < -0.4 is 10.2 Å². The van der Waals surface area contributed by atoms with E-state index in [-0.39, 0.29) is 24.5 Å². The normalized spacial score (nSPS) is 14.9. The molecule has 1 aliphatic heterocycles. The average molecular weight is 429 g/mol. The number of benzene rings is 2. The number of hydrogen-bond donors (Lipinski definition) is 1. The SMILES string of the molecule is CC(C)OCCCNC(=O)CN1C(=O)C(=Cc2ccccc2F)Sc2ccccc21. The molecule has 158 valence electrons. The Balaban J connectivity index is 1.73. The third-order valence-corrected chi connectivity index (χ3v) is 5.50. The fraction of sp³-hybridized carbons (Fsp3) is 0.304. The second-order valence-corrected chi connectivity index (χ2v) is 8.20. The molecule has 30 heavy (non-hydrogen) atoms. The van der Waals surface area contributed by atoms with Crippen LogP contribution in [-0.4, -0.2) is 37.6 Å². The molecule has 7 heteroatoms. The summed E-state index contributed by atoms with van der Waals surface area (Å²) in [5.74, 6) is -0.967. The van der Waals surface area contributed by atoms with Gasteiger partial charge in [-0.3, -0.25) is 14.5 Å². The van der Waals surface area contributed by atoms with Crippen LogP contribution >= 0.6 is 11.8 Å². The highest BCUT2D eigenvalue weighted by Gasteiger charge is 2.30. The van der Waals surface area contributed by atoms with E-state index < -0.39 is 5.82 Å². The van der Waals surface area contributed by atoms with Crippen molar-refractivity contribution < 1.29 is 18.7 Å². The number of para-hydroxylation sites is 1. The smallest absolute Gasteiger partial charge is 0.265 e. The molecule has 0 saturated heterocycles. The topological polar surface area (TPSA) is 58.6 Å². The minimum absolute atomic E-state index is 0.101. The molecule has 0 atom stereocenters. The lowest BCUT2D eigenvalue weighted by Crippen LogP contribution is -2.43. The van der Waals surface area contributed by atoms with Gasteiger partial charge in [-0.2, -0.15) is 0 Å². The van der Waals surface area contributed by atoms with Gasteiger partial charge in [0.25, 0.3) is 5.91 Å². The number of ether oxygens (including phenoxy) is 1. The van der Waals surface area contributed by atoms with Gasteiger partial charge in [0.05, 0.1) is 16.7 Å². The fourth-order valence-electron chi connectivity index (χ4n) is 2.97. The monoisotopic (exact) mass is 428 g/mol. The van der Waals surface area contributed by atoms with Crippen LogP contribution in [0.4, 0.5) is 10.1 Å². The molecule has 0 radical (unpaired) electrons. The number of halogens is 1. The molecule has 3 rings (SSSR count). The number of hydrogen-bond acceptors (Lipinski definition) is 4. The van der Waals surface area contributed by atoms with Gasteiger partial charge in [-0.15, -0.1) is 0 Å². The molecule has 5 nitrogen and oxygen atoms in total. The Kier molecular flexibility index (Phi) is 7.65. The van der Waals surface area contributed by atoms with Crippen molar-refractivity contribution in [2.45, 2.75) is 31.3 Å². The third-order valence-electron chi connectivity index (χ3n) is 4.42. The number of nitrogens with one attached hydrogen (secondary N) is 1. The zero-order chi connectivity index (χ0) is 21.5. The van der Waals surface area contributed by atoms with Crippen molar-refractivity contribution in [3.8, 4) is 0 Å². The van der Waals surface area contributed by atoms with Crippen molar-refractivity contribution in [1.82, 2.24) is 5.32 Å². The number of anilines is 1. The summed E-state index contributed by atoms with van der Waals surface area (Å²) >= 11 is 1.28. The molecule has 1 N–H and O–H groups in total. The summed E-state index contributed by atoms with van der Waals surface area (Å²) in [6, 6.07) is 13.7. The first-order valence-corrected chi connectivity index (χ1v) is 10.7. The van der Waals surface area contributed by atoms with Crippen LogP contribution in [0.2, 0.25) is 0 Å². The van der Waals surface area contributed by atoms with Gasteiger partial charge < -0.3 is 10.1 Å². The Morgan fingerprint density at radius 3 is 2.70 bits per heavy atom. The van der Waals surface area contributed by atoms with E-state index in [1.807, 2.05) is 38.1 Å². The molecule has 2 amide bonds. The standard InChI is InChI=1S/C23H25FN2O3S/c1-16(2)29-13-7-12-25-22(27)15-26-19-10-5-6-11-20(19)30-21(23(26)28)14-17-8-3-4-9-18(17)24/h3-6,8-11,14,16H,7,12-13,15H2,1-2H3,(H,25,27). The summed E-state index contributed by atoms with van der Waals surface area (Å²) in [7, 11) is 0. The van der Waals surface area contributed by atoms with Crippen LogP contribution in [-0.2, 0) is 14.3 Å². The van der Waals surface area contributed by atoms with Gasteiger partial charge in [0, 0.05) is 23.6 Å². The summed E-state index contributed by atoms with van der Waals surface area (Å²) in [5.41, 5.74) is 1.01. The van der Waals surface area contributed by atoms with Crippen molar-refractivity contribution in [1.29, 1.82) is 0 Å². The number of amides is 2. The zero-order valence-corrected chi connectivity index (χ0v) is 17.9. The van der Waals surface area contributed by atoms with Crippen LogP contribution in [0.15, 0.2) is 58.3 Å². The van der Waals surface area contributed by atoms with Crippen LogP contribution in [0.25, 0.3) is 6.08 Å². The summed E-state index contributed by atoms with van der Waals surface area (Å²) in [4.78, 5) is 28.2. The van der Waals surface area contributed by atoms with E-state index in [1.165, 1.54) is 28.8 Å². The molecule has 2 aromatic rings. The molecule has 0 unspecified atom stereocenters. The molecular weight excluding hydrogens is 403 g/mol. The molecule has 0 spiro atoms. The minimum Gasteiger partial charge on any atom is -0.379 e. The van der Waals surface area contributed by atoms with E-state index in [0.717, 1.165) is 4.90 Å². The van der Waals surface area contributed by atoms with E-state index in [4.69, 9.17) is 4.74 Å². The van der Waals surface area contributed by atoms with Crippen LogP contribution in [0.1, 0.15) is 25.8 Å². The average Bonchev–Trinajstić information content (AvgIpc) is 2.72. The molecular formula is C23H25FN2O3S. The summed E-state index contributed by atoms with van der Waals surface area (Å²) in [6.45, 7) is 4.86. The highest BCUT2D eigenvalue weighted by Crippen LogP contribution is 2.42. The Morgan fingerprint density at radius 1 is 1.20 bits per heavy atom. The lowest BCUT2D eigenvalue weighted by Gasteiger charge is -2.29. The number of carbonyl (C=O) groups is 2. The molecule has 0 aliphatic carbocycles. The lowest BCUT2D eigenvalue weighted by atomic mass is 10.2. The van der Waals surface area contributed by atoms with Gasteiger partial charge in [0.2, 0.25) is 5.91 Å². The second kappa shape index (κ2) is 10.4. The Morgan fingerprint density at radius 2 is 1.93 bits per heavy atom. The Labute approximate surface area is 180 Å². The van der Waals surface area contributed by atoms with Crippen molar-refractivity contribution in [3.63, 3.8) is 0 Å². The maximum absolute atomic E-state index is 14.1.